The molecule has 1 fully saturated rings. The Morgan fingerprint density at radius 1 is 1.35 bits per heavy atom. The molecule has 0 bridgehead atoms. The molecule has 8 heteroatoms. The van der Waals surface area contributed by atoms with Gasteiger partial charge in [0, 0.05) is 38.9 Å². The number of hydrogen-bond donors (Lipinski definition) is 2. The molecule has 1 aromatic heterocycles. The molecule has 1 aliphatic heterocycles. The summed E-state index contributed by atoms with van der Waals surface area (Å²) in [5, 5.41) is 6.50. The summed E-state index contributed by atoms with van der Waals surface area (Å²) in [5.74, 6) is 0.399. The molecular formula is C18H20BrF2N5. The van der Waals surface area contributed by atoms with Crippen LogP contribution in [0.2, 0.25) is 0 Å². The van der Waals surface area contributed by atoms with Gasteiger partial charge in [-0.2, -0.15) is 0 Å². The quantitative estimate of drug-likeness (QED) is 0.585. The summed E-state index contributed by atoms with van der Waals surface area (Å²) >= 11 is 3.14. The molecule has 3 rings (SSSR count). The van der Waals surface area contributed by atoms with Gasteiger partial charge in [0.2, 0.25) is 0 Å². The summed E-state index contributed by atoms with van der Waals surface area (Å²) in [6, 6.07) is 8.13. The molecular weight excluding hydrogens is 404 g/mol. The molecule has 1 aromatic carbocycles. The predicted molar refractivity (Wildman–Crippen MR) is 102 cm³/mol. The Morgan fingerprint density at radius 3 is 2.92 bits per heavy atom. The average molecular weight is 424 g/mol. The summed E-state index contributed by atoms with van der Waals surface area (Å²) in [7, 11) is 1.68. The summed E-state index contributed by atoms with van der Waals surface area (Å²) in [6.07, 6.45) is 2.45. The summed E-state index contributed by atoms with van der Waals surface area (Å²) in [5.41, 5.74) is 0.817. The molecule has 0 amide bonds. The molecule has 1 atom stereocenters. The highest BCUT2D eigenvalue weighted by atomic mass is 79.9. The van der Waals surface area contributed by atoms with Crippen molar-refractivity contribution in [3.05, 3.63) is 58.2 Å². The lowest BCUT2D eigenvalue weighted by molar-refractivity contribution is 0.611. The molecule has 26 heavy (non-hydrogen) atoms. The zero-order chi connectivity index (χ0) is 18.5. The Hall–Kier alpha value is -2.22. The van der Waals surface area contributed by atoms with Gasteiger partial charge in [-0.15, -0.1) is 0 Å². The van der Waals surface area contributed by atoms with Crippen molar-refractivity contribution < 1.29 is 8.78 Å². The number of benzene rings is 1. The van der Waals surface area contributed by atoms with E-state index in [1.807, 2.05) is 11.0 Å². The van der Waals surface area contributed by atoms with Crippen LogP contribution in [0.15, 0.2) is 46.0 Å². The van der Waals surface area contributed by atoms with E-state index in [1.165, 1.54) is 12.1 Å². The number of pyridine rings is 1. The third-order valence-electron chi connectivity index (χ3n) is 4.24. The Labute approximate surface area is 159 Å². The van der Waals surface area contributed by atoms with Crippen LogP contribution in [0.5, 0.6) is 0 Å². The molecule has 0 radical (unpaired) electrons. The molecule has 0 spiro atoms. The number of hydrogen-bond acceptors (Lipinski definition) is 3. The molecule has 2 N–H and O–H groups in total. The van der Waals surface area contributed by atoms with E-state index in [-0.39, 0.29) is 17.7 Å². The molecule has 2 aromatic rings. The number of nitrogens with one attached hydrogen (secondary N) is 2. The van der Waals surface area contributed by atoms with Crippen LogP contribution < -0.4 is 15.5 Å². The van der Waals surface area contributed by atoms with Crippen LogP contribution in [-0.2, 0) is 6.54 Å². The number of guanidine groups is 1. The van der Waals surface area contributed by atoms with E-state index < -0.39 is 0 Å². The first-order chi connectivity index (χ1) is 12.6. The van der Waals surface area contributed by atoms with E-state index in [9.17, 15) is 8.78 Å². The van der Waals surface area contributed by atoms with Gasteiger partial charge in [0.15, 0.2) is 17.6 Å². The molecule has 0 aliphatic carbocycles. The minimum atomic E-state index is -0.312. The molecule has 138 valence electrons. The van der Waals surface area contributed by atoms with Crippen LogP contribution in [0, 0.1) is 11.6 Å². The monoisotopic (exact) mass is 423 g/mol. The van der Waals surface area contributed by atoms with Gasteiger partial charge in [-0.25, -0.2) is 13.8 Å². The van der Waals surface area contributed by atoms with Crippen molar-refractivity contribution in [2.45, 2.75) is 19.0 Å². The minimum absolute atomic E-state index is 0.129. The fraction of sp³-hybridized carbons (Fsp3) is 0.333. The largest absolute Gasteiger partial charge is 0.352 e. The molecule has 5 nitrogen and oxygen atoms in total. The fourth-order valence-electron chi connectivity index (χ4n) is 2.90. The van der Waals surface area contributed by atoms with Crippen LogP contribution in [0.3, 0.4) is 0 Å². The normalized spacial score (nSPS) is 17.5. The Bertz CT molecular complexity index is 799. The van der Waals surface area contributed by atoms with Gasteiger partial charge >= 0.3 is 0 Å². The highest BCUT2D eigenvalue weighted by molar-refractivity contribution is 9.10. The van der Waals surface area contributed by atoms with E-state index in [2.05, 4.69) is 36.5 Å². The van der Waals surface area contributed by atoms with Crippen LogP contribution in [-0.4, -0.2) is 37.1 Å². The first-order valence-corrected chi connectivity index (χ1v) is 9.12. The maximum absolute atomic E-state index is 13.9. The molecule has 2 heterocycles. The lowest BCUT2D eigenvalue weighted by atomic mass is 10.2. The van der Waals surface area contributed by atoms with Crippen LogP contribution in [0.25, 0.3) is 0 Å². The predicted octanol–water partition coefficient (Wildman–Crippen LogP) is 3.07. The van der Waals surface area contributed by atoms with E-state index in [0.717, 1.165) is 18.5 Å². The number of aliphatic imine (C=N–C) groups is 1. The van der Waals surface area contributed by atoms with Crippen molar-refractivity contribution in [2.24, 2.45) is 4.99 Å². The Morgan fingerprint density at radius 2 is 2.19 bits per heavy atom. The fourth-order valence-corrected chi connectivity index (χ4v) is 3.15. The van der Waals surface area contributed by atoms with E-state index in [0.29, 0.717) is 29.3 Å². The second-order valence-electron chi connectivity index (χ2n) is 6.06. The van der Waals surface area contributed by atoms with E-state index in [1.54, 1.807) is 25.4 Å². The number of anilines is 1. The first-order valence-electron chi connectivity index (χ1n) is 8.33. The van der Waals surface area contributed by atoms with E-state index >= 15 is 0 Å². The highest BCUT2D eigenvalue weighted by Crippen LogP contribution is 2.21. The Kier molecular flexibility index (Phi) is 6.03. The van der Waals surface area contributed by atoms with Crippen molar-refractivity contribution in [2.75, 3.05) is 25.0 Å². The number of nitrogens with zero attached hydrogens (tertiary/aromatic N) is 3. The van der Waals surface area contributed by atoms with Crippen molar-refractivity contribution >= 4 is 27.7 Å². The summed E-state index contributed by atoms with van der Waals surface area (Å²) in [6.45, 7) is 1.82. The molecule has 1 saturated heterocycles. The lowest BCUT2D eigenvalue weighted by Gasteiger charge is -2.20. The SMILES string of the molecule is CN=C(NCc1ccc(Br)c(F)c1)NC1CCN(c2ncccc2F)C1. The van der Waals surface area contributed by atoms with Gasteiger partial charge < -0.3 is 15.5 Å². The zero-order valence-corrected chi connectivity index (χ0v) is 15.9. The van der Waals surface area contributed by atoms with Crippen molar-refractivity contribution in [1.82, 2.24) is 15.6 Å². The maximum atomic E-state index is 13.9. The van der Waals surface area contributed by atoms with Gasteiger partial charge in [-0.3, -0.25) is 4.99 Å². The van der Waals surface area contributed by atoms with Gasteiger partial charge in [-0.1, -0.05) is 6.07 Å². The van der Waals surface area contributed by atoms with E-state index in [4.69, 9.17) is 0 Å². The van der Waals surface area contributed by atoms with Crippen LogP contribution in [0.4, 0.5) is 14.6 Å². The second-order valence-corrected chi connectivity index (χ2v) is 6.91. The number of rotatable bonds is 4. The van der Waals surface area contributed by atoms with Crippen molar-refractivity contribution in [1.29, 1.82) is 0 Å². The lowest BCUT2D eigenvalue weighted by Crippen LogP contribution is -2.44. The Balaban J connectivity index is 1.54. The van der Waals surface area contributed by atoms with Gasteiger partial charge in [0.05, 0.1) is 4.47 Å². The van der Waals surface area contributed by atoms with Gasteiger partial charge in [0.25, 0.3) is 0 Å². The smallest absolute Gasteiger partial charge is 0.191 e. The third kappa shape index (κ3) is 4.49. The minimum Gasteiger partial charge on any atom is -0.352 e. The average Bonchev–Trinajstić information content (AvgIpc) is 3.10. The summed E-state index contributed by atoms with van der Waals surface area (Å²) < 4.78 is 27.9. The molecule has 0 saturated carbocycles. The maximum Gasteiger partial charge on any atom is 0.191 e. The van der Waals surface area contributed by atoms with Gasteiger partial charge in [0.1, 0.15) is 5.82 Å². The standard InChI is InChI=1S/C18H20BrF2N5/c1-22-18(24-10-12-4-5-14(19)16(21)9-12)25-13-6-8-26(11-13)17-15(20)3-2-7-23-17/h2-5,7,9,13H,6,8,10-11H2,1H3,(H2,22,24,25). The molecule has 1 unspecified atom stereocenters. The van der Waals surface area contributed by atoms with Crippen molar-refractivity contribution in [3.63, 3.8) is 0 Å². The highest BCUT2D eigenvalue weighted by Gasteiger charge is 2.25. The second kappa shape index (κ2) is 8.44. The van der Waals surface area contributed by atoms with Crippen LogP contribution in [0.1, 0.15) is 12.0 Å². The van der Waals surface area contributed by atoms with Crippen molar-refractivity contribution in [3.8, 4) is 0 Å². The van der Waals surface area contributed by atoms with Gasteiger partial charge in [-0.05, 0) is 52.2 Å². The summed E-state index contributed by atoms with van der Waals surface area (Å²) in [4.78, 5) is 10.2. The number of halogens is 3. The first kappa shape index (κ1) is 18.6. The third-order valence-corrected chi connectivity index (χ3v) is 4.88. The zero-order valence-electron chi connectivity index (χ0n) is 14.3. The number of aromatic nitrogens is 1. The molecule has 1 aliphatic rings. The van der Waals surface area contributed by atoms with Crippen LogP contribution >= 0.6 is 15.9 Å². The topological polar surface area (TPSA) is 52.6 Å².